The predicted octanol–water partition coefficient (Wildman–Crippen LogP) is 3.75. The monoisotopic (exact) mass is 165 g/mol. The van der Waals surface area contributed by atoms with Gasteiger partial charge < -0.3 is 0 Å². The van der Waals surface area contributed by atoms with E-state index in [9.17, 15) is 0 Å². The zero-order valence-electron chi connectivity index (χ0n) is 8.59. The minimum atomic E-state index is 0.918. The standard InChI is InChI=1S/C9H13N.C2H6/c1-5-8(3)7-10-9(4)6-2;1-2/h5-7H,1-2H2,3-4H3;1-2H3/b8-7-,10-9?;. The van der Waals surface area contributed by atoms with Crippen LogP contribution in [0.2, 0.25) is 0 Å². The van der Waals surface area contributed by atoms with E-state index in [0.717, 1.165) is 11.3 Å². The second-order valence-electron chi connectivity index (χ2n) is 2.05. The number of aliphatic imine (C=N–C) groups is 1. The van der Waals surface area contributed by atoms with E-state index in [2.05, 4.69) is 18.2 Å². The molecule has 0 amide bonds. The Bertz CT molecular complexity index is 163. The Morgan fingerprint density at radius 3 is 1.92 bits per heavy atom. The Balaban J connectivity index is 0. The third-order valence-corrected chi connectivity index (χ3v) is 1.09. The fourth-order valence-corrected chi connectivity index (χ4v) is 0.309. The second-order valence-corrected chi connectivity index (χ2v) is 2.05. The van der Waals surface area contributed by atoms with Crippen molar-refractivity contribution in [2.75, 3.05) is 0 Å². The fourth-order valence-electron chi connectivity index (χ4n) is 0.309. The van der Waals surface area contributed by atoms with E-state index < -0.39 is 0 Å². The quantitative estimate of drug-likeness (QED) is 0.446. The molecule has 0 heterocycles. The molecule has 0 aromatic rings. The molecule has 0 unspecified atom stereocenters. The van der Waals surface area contributed by atoms with Gasteiger partial charge in [-0.1, -0.05) is 33.1 Å². The molecule has 68 valence electrons. The summed E-state index contributed by atoms with van der Waals surface area (Å²) >= 11 is 0. The van der Waals surface area contributed by atoms with Gasteiger partial charge in [0.25, 0.3) is 0 Å². The first-order valence-corrected chi connectivity index (χ1v) is 4.16. The van der Waals surface area contributed by atoms with E-state index in [4.69, 9.17) is 0 Å². The third kappa shape index (κ3) is 8.89. The first-order chi connectivity index (χ1) is 5.70. The van der Waals surface area contributed by atoms with Crippen LogP contribution in [0, 0.1) is 0 Å². The minimum absolute atomic E-state index is 0.918. The molecule has 0 radical (unpaired) electrons. The molecule has 0 bridgehead atoms. The molecule has 0 aliphatic rings. The maximum atomic E-state index is 4.08. The van der Waals surface area contributed by atoms with Crippen molar-refractivity contribution in [3.63, 3.8) is 0 Å². The van der Waals surface area contributed by atoms with Gasteiger partial charge in [-0.3, -0.25) is 4.99 Å². The summed E-state index contributed by atoms with van der Waals surface area (Å²) < 4.78 is 0. The number of nitrogens with zero attached hydrogens (tertiary/aromatic N) is 1. The van der Waals surface area contributed by atoms with Gasteiger partial charge in [-0.2, -0.15) is 0 Å². The van der Waals surface area contributed by atoms with E-state index in [1.54, 1.807) is 18.4 Å². The van der Waals surface area contributed by atoms with Crippen LogP contribution in [0.25, 0.3) is 0 Å². The zero-order chi connectivity index (χ0) is 9.98. The summed E-state index contributed by atoms with van der Waals surface area (Å²) in [5.41, 5.74) is 1.97. The first kappa shape index (κ1) is 13.5. The molecule has 0 aliphatic heterocycles. The van der Waals surface area contributed by atoms with Gasteiger partial charge in [0.15, 0.2) is 0 Å². The van der Waals surface area contributed by atoms with Crippen molar-refractivity contribution in [2.45, 2.75) is 27.7 Å². The van der Waals surface area contributed by atoms with Crippen molar-refractivity contribution >= 4 is 5.71 Å². The van der Waals surface area contributed by atoms with Crippen LogP contribution in [-0.2, 0) is 0 Å². The summed E-state index contributed by atoms with van der Waals surface area (Å²) in [5, 5.41) is 0. The molecule has 1 nitrogen and oxygen atoms in total. The maximum absolute atomic E-state index is 4.08. The molecule has 12 heavy (non-hydrogen) atoms. The molecule has 0 aromatic heterocycles. The highest BCUT2D eigenvalue weighted by Gasteiger charge is 1.77. The van der Waals surface area contributed by atoms with E-state index in [1.807, 2.05) is 27.7 Å². The van der Waals surface area contributed by atoms with Gasteiger partial charge in [0.2, 0.25) is 0 Å². The van der Waals surface area contributed by atoms with Crippen LogP contribution in [0.1, 0.15) is 27.7 Å². The lowest BCUT2D eigenvalue weighted by Gasteiger charge is -1.87. The van der Waals surface area contributed by atoms with E-state index in [0.29, 0.717) is 0 Å². The molecular weight excluding hydrogens is 146 g/mol. The average Bonchev–Trinajstić information content (AvgIpc) is 2.16. The van der Waals surface area contributed by atoms with Gasteiger partial charge in [0.05, 0.1) is 0 Å². The van der Waals surface area contributed by atoms with Crippen molar-refractivity contribution in [2.24, 2.45) is 4.99 Å². The van der Waals surface area contributed by atoms with Crippen LogP contribution in [-0.4, -0.2) is 5.71 Å². The van der Waals surface area contributed by atoms with Gasteiger partial charge in [-0.25, -0.2) is 0 Å². The van der Waals surface area contributed by atoms with Crippen LogP contribution in [0.15, 0.2) is 42.1 Å². The Morgan fingerprint density at radius 2 is 1.58 bits per heavy atom. The SMILES string of the molecule is C=CC(C)=N/C=C(/C)C=C.CC. The van der Waals surface area contributed by atoms with Crippen LogP contribution in [0.5, 0.6) is 0 Å². The molecular formula is C11H19N. The molecule has 0 fully saturated rings. The van der Waals surface area contributed by atoms with E-state index in [-0.39, 0.29) is 0 Å². The number of hydrogen-bond donors (Lipinski definition) is 0. The van der Waals surface area contributed by atoms with Crippen molar-refractivity contribution in [3.8, 4) is 0 Å². The van der Waals surface area contributed by atoms with Crippen molar-refractivity contribution in [1.29, 1.82) is 0 Å². The first-order valence-electron chi connectivity index (χ1n) is 4.16. The Kier molecular flexibility index (Phi) is 11.1. The topological polar surface area (TPSA) is 12.4 Å². The van der Waals surface area contributed by atoms with E-state index >= 15 is 0 Å². The number of hydrogen-bond acceptors (Lipinski definition) is 1. The Labute approximate surface area is 76.2 Å². The number of allylic oxidation sites excluding steroid dienone is 3. The lowest BCUT2D eigenvalue weighted by molar-refractivity contribution is 1.42. The van der Waals surface area contributed by atoms with Gasteiger partial charge in [0.1, 0.15) is 0 Å². The average molecular weight is 165 g/mol. The van der Waals surface area contributed by atoms with Crippen LogP contribution >= 0.6 is 0 Å². The highest BCUT2D eigenvalue weighted by Crippen LogP contribution is 1.93. The fraction of sp³-hybridized carbons (Fsp3) is 0.364. The smallest absolute Gasteiger partial charge is 0.0366 e. The highest BCUT2D eigenvalue weighted by molar-refractivity contribution is 5.92. The molecule has 0 saturated carbocycles. The molecule has 0 saturated heterocycles. The summed E-state index contributed by atoms with van der Waals surface area (Å²) in [6.45, 7) is 15.0. The maximum Gasteiger partial charge on any atom is 0.0366 e. The molecule has 0 rings (SSSR count). The highest BCUT2D eigenvalue weighted by atomic mass is 14.7. The molecule has 0 aromatic carbocycles. The van der Waals surface area contributed by atoms with Crippen molar-refractivity contribution in [1.82, 2.24) is 0 Å². The van der Waals surface area contributed by atoms with Crippen LogP contribution < -0.4 is 0 Å². The zero-order valence-corrected chi connectivity index (χ0v) is 8.59. The summed E-state index contributed by atoms with van der Waals surface area (Å²) in [6, 6.07) is 0. The van der Waals surface area contributed by atoms with Crippen molar-refractivity contribution in [3.05, 3.63) is 37.1 Å². The molecule has 0 atom stereocenters. The van der Waals surface area contributed by atoms with Crippen LogP contribution in [0.3, 0.4) is 0 Å². The molecule has 0 spiro atoms. The second kappa shape index (κ2) is 9.89. The Hall–Kier alpha value is -1.11. The normalized spacial score (nSPS) is 11.3. The molecule has 1 heteroatoms. The van der Waals surface area contributed by atoms with Gasteiger partial charge in [-0.05, 0) is 25.5 Å². The lowest BCUT2D eigenvalue weighted by Crippen LogP contribution is -1.79. The minimum Gasteiger partial charge on any atom is -0.261 e. The Morgan fingerprint density at radius 1 is 1.08 bits per heavy atom. The van der Waals surface area contributed by atoms with E-state index in [1.165, 1.54) is 0 Å². The number of rotatable bonds is 3. The summed E-state index contributed by atoms with van der Waals surface area (Å²) in [7, 11) is 0. The third-order valence-electron chi connectivity index (χ3n) is 1.09. The summed E-state index contributed by atoms with van der Waals surface area (Å²) in [6.07, 6.45) is 5.25. The largest absolute Gasteiger partial charge is 0.261 e. The molecule has 0 N–H and O–H groups in total. The van der Waals surface area contributed by atoms with Crippen LogP contribution in [0.4, 0.5) is 0 Å². The summed E-state index contributed by atoms with van der Waals surface area (Å²) in [4.78, 5) is 4.08. The van der Waals surface area contributed by atoms with Crippen molar-refractivity contribution < 1.29 is 0 Å². The summed E-state index contributed by atoms with van der Waals surface area (Å²) in [5.74, 6) is 0. The molecule has 0 aliphatic carbocycles. The van der Waals surface area contributed by atoms with Gasteiger partial charge >= 0.3 is 0 Å². The predicted molar refractivity (Wildman–Crippen MR) is 58.6 cm³/mol. The van der Waals surface area contributed by atoms with Gasteiger partial charge in [-0.15, -0.1) is 0 Å². The lowest BCUT2D eigenvalue weighted by atomic mass is 10.3. The van der Waals surface area contributed by atoms with Gasteiger partial charge in [0, 0.05) is 11.9 Å².